The van der Waals surface area contributed by atoms with Gasteiger partial charge in [0.1, 0.15) is 11.5 Å². The van der Waals surface area contributed by atoms with E-state index in [-0.39, 0.29) is 5.91 Å². The van der Waals surface area contributed by atoms with Crippen LogP contribution in [0.2, 0.25) is 0 Å². The van der Waals surface area contributed by atoms with Crippen molar-refractivity contribution < 1.29 is 4.79 Å². The standard InChI is InChI=1S/C16H19N5O/c1-11-4-2-6-15(20-11)21-16(22)14-10-18-13(9-19-14)12-5-3-7-17-8-12/h2,4,6,9-10,12,17H,3,5,7-8H2,1H3,(H,20,21,22). The summed E-state index contributed by atoms with van der Waals surface area (Å²) in [5.41, 5.74) is 2.09. The minimum Gasteiger partial charge on any atom is -0.316 e. The highest BCUT2D eigenvalue weighted by Crippen LogP contribution is 2.20. The van der Waals surface area contributed by atoms with Gasteiger partial charge in [0.05, 0.1) is 11.9 Å². The van der Waals surface area contributed by atoms with E-state index in [0.29, 0.717) is 17.4 Å². The van der Waals surface area contributed by atoms with Crippen LogP contribution < -0.4 is 10.6 Å². The molecule has 2 aromatic rings. The second kappa shape index (κ2) is 6.62. The van der Waals surface area contributed by atoms with Crippen molar-refractivity contribution in [3.63, 3.8) is 0 Å². The van der Waals surface area contributed by atoms with E-state index < -0.39 is 0 Å². The van der Waals surface area contributed by atoms with E-state index in [1.165, 1.54) is 6.20 Å². The first-order valence-corrected chi connectivity index (χ1v) is 7.50. The smallest absolute Gasteiger partial charge is 0.277 e. The average molecular weight is 297 g/mol. The van der Waals surface area contributed by atoms with Gasteiger partial charge in [-0.2, -0.15) is 0 Å². The molecule has 22 heavy (non-hydrogen) atoms. The molecule has 1 unspecified atom stereocenters. The van der Waals surface area contributed by atoms with Gasteiger partial charge in [0.25, 0.3) is 5.91 Å². The van der Waals surface area contributed by atoms with Gasteiger partial charge in [0.2, 0.25) is 0 Å². The van der Waals surface area contributed by atoms with Crippen molar-refractivity contribution in [3.8, 4) is 0 Å². The summed E-state index contributed by atoms with van der Waals surface area (Å²) in [6.45, 7) is 3.86. The van der Waals surface area contributed by atoms with Crippen LogP contribution in [0.5, 0.6) is 0 Å². The molecule has 1 fully saturated rings. The molecule has 6 nitrogen and oxygen atoms in total. The van der Waals surface area contributed by atoms with Gasteiger partial charge in [-0.15, -0.1) is 0 Å². The van der Waals surface area contributed by atoms with Gasteiger partial charge in [-0.25, -0.2) is 9.97 Å². The third-order valence-electron chi connectivity index (χ3n) is 3.75. The fourth-order valence-corrected chi connectivity index (χ4v) is 2.56. The lowest BCUT2D eigenvalue weighted by Crippen LogP contribution is -2.29. The third-order valence-corrected chi connectivity index (χ3v) is 3.75. The predicted molar refractivity (Wildman–Crippen MR) is 83.8 cm³/mol. The number of rotatable bonds is 3. The van der Waals surface area contributed by atoms with Gasteiger partial charge in [-0.3, -0.25) is 9.78 Å². The van der Waals surface area contributed by atoms with Gasteiger partial charge in [0, 0.05) is 24.4 Å². The summed E-state index contributed by atoms with van der Waals surface area (Å²) in [5.74, 6) is 0.614. The largest absolute Gasteiger partial charge is 0.316 e. The van der Waals surface area contributed by atoms with Crippen molar-refractivity contribution in [3.05, 3.63) is 47.7 Å². The van der Waals surface area contributed by atoms with Gasteiger partial charge in [0.15, 0.2) is 0 Å². The van der Waals surface area contributed by atoms with Crippen LogP contribution in [0.3, 0.4) is 0 Å². The van der Waals surface area contributed by atoms with Crippen LogP contribution in [-0.4, -0.2) is 33.9 Å². The zero-order chi connectivity index (χ0) is 15.4. The van der Waals surface area contributed by atoms with E-state index in [4.69, 9.17) is 0 Å². The Labute approximate surface area is 129 Å². The minimum atomic E-state index is -0.293. The summed E-state index contributed by atoms with van der Waals surface area (Å²) in [4.78, 5) is 25.0. The normalized spacial score (nSPS) is 18.0. The number of anilines is 1. The number of nitrogens with zero attached hydrogens (tertiary/aromatic N) is 3. The maximum Gasteiger partial charge on any atom is 0.277 e. The van der Waals surface area contributed by atoms with Gasteiger partial charge in [-0.1, -0.05) is 6.07 Å². The van der Waals surface area contributed by atoms with E-state index in [9.17, 15) is 4.79 Å². The molecule has 0 radical (unpaired) electrons. The molecule has 2 N–H and O–H groups in total. The number of aromatic nitrogens is 3. The maximum absolute atomic E-state index is 12.1. The van der Waals surface area contributed by atoms with Gasteiger partial charge < -0.3 is 10.6 Å². The SMILES string of the molecule is Cc1cccc(NC(=O)c2cnc(C3CCCNC3)cn2)n1. The molecule has 1 aliphatic heterocycles. The van der Waals surface area contributed by atoms with E-state index >= 15 is 0 Å². The molecular formula is C16H19N5O. The molecule has 114 valence electrons. The van der Waals surface area contributed by atoms with Crippen LogP contribution in [0.15, 0.2) is 30.6 Å². The van der Waals surface area contributed by atoms with Crippen LogP contribution in [0.4, 0.5) is 5.82 Å². The molecule has 0 bridgehead atoms. The summed E-state index contributed by atoms with van der Waals surface area (Å²) >= 11 is 0. The highest BCUT2D eigenvalue weighted by molar-refractivity contribution is 6.02. The van der Waals surface area contributed by atoms with Crippen LogP contribution in [0, 0.1) is 6.92 Å². The maximum atomic E-state index is 12.1. The molecule has 1 saturated heterocycles. The molecule has 3 heterocycles. The molecule has 1 aliphatic rings. The summed E-state index contributed by atoms with van der Waals surface area (Å²) in [6, 6.07) is 5.48. The molecule has 3 rings (SSSR count). The molecule has 6 heteroatoms. The molecule has 0 spiro atoms. The Morgan fingerprint density at radius 2 is 2.23 bits per heavy atom. The Bertz CT molecular complexity index is 650. The monoisotopic (exact) mass is 297 g/mol. The molecule has 1 atom stereocenters. The Hall–Kier alpha value is -2.34. The Balaban J connectivity index is 1.68. The highest BCUT2D eigenvalue weighted by atomic mass is 16.1. The number of carbonyl (C=O) groups excluding carboxylic acids is 1. The zero-order valence-corrected chi connectivity index (χ0v) is 12.5. The first-order chi connectivity index (χ1) is 10.7. The Morgan fingerprint density at radius 1 is 1.32 bits per heavy atom. The first kappa shape index (κ1) is 14.6. The Morgan fingerprint density at radius 3 is 2.91 bits per heavy atom. The van der Waals surface area contributed by atoms with Crippen molar-refractivity contribution in [1.82, 2.24) is 20.3 Å². The number of hydrogen-bond donors (Lipinski definition) is 2. The fraction of sp³-hybridized carbons (Fsp3) is 0.375. The second-order valence-electron chi connectivity index (χ2n) is 5.49. The predicted octanol–water partition coefficient (Wildman–Crippen LogP) is 1.90. The quantitative estimate of drug-likeness (QED) is 0.904. The second-order valence-corrected chi connectivity index (χ2v) is 5.49. The lowest BCUT2D eigenvalue weighted by atomic mass is 9.96. The molecule has 0 saturated carbocycles. The van der Waals surface area contributed by atoms with Crippen molar-refractivity contribution in [2.45, 2.75) is 25.7 Å². The summed E-state index contributed by atoms with van der Waals surface area (Å²) in [6.07, 6.45) is 5.50. The lowest BCUT2D eigenvalue weighted by molar-refractivity contribution is 0.102. The zero-order valence-electron chi connectivity index (χ0n) is 12.5. The topological polar surface area (TPSA) is 79.8 Å². The number of piperidine rings is 1. The van der Waals surface area contributed by atoms with E-state index in [1.54, 1.807) is 12.3 Å². The number of amides is 1. The van der Waals surface area contributed by atoms with E-state index in [1.807, 2.05) is 19.1 Å². The number of hydrogen-bond acceptors (Lipinski definition) is 5. The van der Waals surface area contributed by atoms with Crippen LogP contribution >= 0.6 is 0 Å². The average Bonchev–Trinajstić information content (AvgIpc) is 2.56. The highest BCUT2D eigenvalue weighted by Gasteiger charge is 2.17. The van der Waals surface area contributed by atoms with Gasteiger partial charge >= 0.3 is 0 Å². The number of aryl methyl sites for hydroxylation is 1. The van der Waals surface area contributed by atoms with Crippen LogP contribution in [0.1, 0.15) is 40.6 Å². The van der Waals surface area contributed by atoms with Crippen LogP contribution in [0.25, 0.3) is 0 Å². The Kier molecular flexibility index (Phi) is 4.39. The van der Waals surface area contributed by atoms with E-state index in [0.717, 1.165) is 37.3 Å². The van der Waals surface area contributed by atoms with Gasteiger partial charge in [-0.05, 0) is 38.4 Å². The summed E-state index contributed by atoms with van der Waals surface area (Å²) in [7, 11) is 0. The molecule has 1 amide bonds. The van der Waals surface area contributed by atoms with Crippen LogP contribution in [-0.2, 0) is 0 Å². The molecule has 0 aromatic carbocycles. The van der Waals surface area contributed by atoms with Crippen molar-refractivity contribution in [2.75, 3.05) is 18.4 Å². The van der Waals surface area contributed by atoms with Crippen molar-refractivity contribution in [2.24, 2.45) is 0 Å². The fourth-order valence-electron chi connectivity index (χ4n) is 2.56. The molecule has 0 aliphatic carbocycles. The van der Waals surface area contributed by atoms with E-state index in [2.05, 4.69) is 25.6 Å². The molecule has 2 aromatic heterocycles. The first-order valence-electron chi connectivity index (χ1n) is 7.50. The molecular weight excluding hydrogens is 278 g/mol. The van der Waals surface area contributed by atoms with Crippen molar-refractivity contribution >= 4 is 11.7 Å². The number of carbonyl (C=O) groups is 1. The number of pyridine rings is 1. The lowest BCUT2D eigenvalue weighted by Gasteiger charge is -2.21. The minimum absolute atomic E-state index is 0.293. The summed E-state index contributed by atoms with van der Waals surface area (Å²) in [5, 5.41) is 6.09. The summed E-state index contributed by atoms with van der Waals surface area (Å²) < 4.78 is 0. The third kappa shape index (κ3) is 3.46. The number of nitrogens with one attached hydrogen (secondary N) is 2. The van der Waals surface area contributed by atoms with Crippen molar-refractivity contribution in [1.29, 1.82) is 0 Å².